The van der Waals surface area contributed by atoms with Gasteiger partial charge in [0.2, 0.25) is 5.91 Å². The highest BCUT2D eigenvalue weighted by Gasteiger charge is 2.19. The Balaban J connectivity index is 1.87. The number of nitrogens with one attached hydrogen (secondary N) is 3. The molecule has 0 aliphatic carbocycles. The normalized spacial score (nSPS) is 14.6. The molecule has 0 saturated carbocycles. The van der Waals surface area contributed by atoms with Crippen LogP contribution in [0.15, 0.2) is 24.3 Å². The number of hydrogen-bond acceptors (Lipinski definition) is 3. The van der Waals surface area contributed by atoms with Crippen LogP contribution >= 0.6 is 0 Å². The molecule has 0 atom stereocenters. The maximum atomic E-state index is 11.7. The smallest absolute Gasteiger partial charge is 0.251 e. The van der Waals surface area contributed by atoms with Crippen LogP contribution in [0.25, 0.3) is 0 Å². The molecular weight excluding hydrogens is 242 g/mol. The Kier molecular flexibility index (Phi) is 4.52. The lowest BCUT2D eigenvalue weighted by Crippen LogP contribution is -2.43. The Morgan fingerprint density at radius 1 is 1.26 bits per heavy atom. The van der Waals surface area contributed by atoms with E-state index in [-0.39, 0.29) is 11.8 Å². The van der Waals surface area contributed by atoms with Gasteiger partial charge >= 0.3 is 0 Å². The maximum Gasteiger partial charge on any atom is 0.251 e. The molecule has 0 radical (unpaired) electrons. The van der Waals surface area contributed by atoms with Crippen molar-refractivity contribution in [1.82, 2.24) is 10.6 Å². The van der Waals surface area contributed by atoms with E-state index in [1.165, 1.54) is 0 Å². The molecule has 5 nitrogen and oxygen atoms in total. The summed E-state index contributed by atoms with van der Waals surface area (Å²) in [6.45, 7) is 4.32. The van der Waals surface area contributed by atoms with Gasteiger partial charge in [-0.05, 0) is 50.2 Å². The van der Waals surface area contributed by atoms with Gasteiger partial charge in [0, 0.05) is 24.2 Å². The summed E-state index contributed by atoms with van der Waals surface area (Å²) in [5.74, 6) is 0.382. The molecule has 5 heteroatoms. The summed E-state index contributed by atoms with van der Waals surface area (Å²) >= 11 is 0. The Labute approximate surface area is 112 Å². The highest BCUT2D eigenvalue weighted by atomic mass is 16.2. The van der Waals surface area contributed by atoms with E-state index >= 15 is 0 Å². The predicted molar refractivity (Wildman–Crippen MR) is 74.1 cm³/mol. The highest BCUT2D eigenvalue weighted by Crippen LogP contribution is 2.13. The second kappa shape index (κ2) is 6.33. The van der Waals surface area contributed by atoms with Gasteiger partial charge in [-0.1, -0.05) is 0 Å². The third-order valence-corrected chi connectivity index (χ3v) is 3.11. The van der Waals surface area contributed by atoms with Crippen molar-refractivity contribution in [2.45, 2.75) is 13.3 Å². The first-order valence-electron chi connectivity index (χ1n) is 6.58. The Bertz CT molecular complexity index is 452. The average Bonchev–Trinajstić information content (AvgIpc) is 2.35. The third kappa shape index (κ3) is 3.79. The van der Waals surface area contributed by atoms with Gasteiger partial charge in [0.05, 0.1) is 0 Å². The number of hydrogen-bond donors (Lipinski definition) is 3. The SMILES string of the molecule is CCNC(=O)c1ccc(NC(=O)CC2CNC2)cc1. The van der Waals surface area contributed by atoms with Gasteiger partial charge in [0.25, 0.3) is 5.91 Å². The van der Waals surface area contributed by atoms with E-state index in [9.17, 15) is 9.59 Å². The van der Waals surface area contributed by atoms with E-state index in [1.54, 1.807) is 24.3 Å². The number of anilines is 1. The summed E-state index contributed by atoms with van der Waals surface area (Å²) in [6, 6.07) is 6.93. The molecule has 1 heterocycles. The topological polar surface area (TPSA) is 70.2 Å². The molecule has 1 aromatic rings. The molecule has 1 aliphatic heterocycles. The lowest BCUT2D eigenvalue weighted by atomic mass is 9.99. The number of amides is 2. The van der Waals surface area contributed by atoms with Crippen LogP contribution in [0.5, 0.6) is 0 Å². The Morgan fingerprint density at radius 3 is 2.47 bits per heavy atom. The van der Waals surface area contributed by atoms with Crippen molar-refractivity contribution in [1.29, 1.82) is 0 Å². The van der Waals surface area contributed by atoms with E-state index in [0.29, 0.717) is 24.4 Å². The van der Waals surface area contributed by atoms with Crippen molar-refractivity contribution in [3.05, 3.63) is 29.8 Å². The molecular formula is C14H19N3O2. The zero-order chi connectivity index (χ0) is 13.7. The van der Waals surface area contributed by atoms with Crippen LogP contribution in [0.3, 0.4) is 0 Å². The number of carbonyl (C=O) groups excluding carboxylic acids is 2. The minimum Gasteiger partial charge on any atom is -0.352 e. The Hall–Kier alpha value is -1.88. The largest absolute Gasteiger partial charge is 0.352 e. The molecule has 2 amide bonds. The first-order valence-corrected chi connectivity index (χ1v) is 6.58. The summed E-state index contributed by atoms with van der Waals surface area (Å²) < 4.78 is 0. The monoisotopic (exact) mass is 261 g/mol. The van der Waals surface area contributed by atoms with Gasteiger partial charge < -0.3 is 16.0 Å². The zero-order valence-corrected chi connectivity index (χ0v) is 11.0. The van der Waals surface area contributed by atoms with Gasteiger partial charge in [-0.2, -0.15) is 0 Å². The predicted octanol–water partition coefficient (Wildman–Crippen LogP) is 0.984. The molecule has 1 fully saturated rings. The molecule has 0 unspecified atom stereocenters. The van der Waals surface area contributed by atoms with E-state index < -0.39 is 0 Å². The quantitative estimate of drug-likeness (QED) is 0.740. The van der Waals surface area contributed by atoms with Crippen LogP contribution in [0, 0.1) is 5.92 Å². The summed E-state index contributed by atoms with van der Waals surface area (Å²) in [5, 5.41) is 8.71. The van der Waals surface area contributed by atoms with E-state index in [4.69, 9.17) is 0 Å². The molecule has 0 spiro atoms. The van der Waals surface area contributed by atoms with Crippen molar-refractivity contribution in [3.63, 3.8) is 0 Å². The maximum absolute atomic E-state index is 11.7. The van der Waals surface area contributed by atoms with Gasteiger partial charge in [0.1, 0.15) is 0 Å². The van der Waals surface area contributed by atoms with Crippen LogP contribution in [0.1, 0.15) is 23.7 Å². The van der Waals surface area contributed by atoms with Gasteiger partial charge in [0.15, 0.2) is 0 Å². The summed E-state index contributed by atoms with van der Waals surface area (Å²) in [5.41, 5.74) is 1.33. The zero-order valence-electron chi connectivity index (χ0n) is 11.0. The van der Waals surface area contributed by atoms with Gasteiger partial charge in [-0.3, -0.25) is 9.59 Å². The number of rotatable bonds is 5. The molecule has 3 N–H and O–H groups in total. The van der Waals surface area contributed by atoms with Crippen molar-refractivity contribution in [3.8, 4) is 0 Å². The Morgan fingerprint density at radius 2 is 1.95 bits per heavy atom. The van der Waals surface area contributed by atoms with E-state index in [2.05, 4.69) is 16.0 Å². The second-order valence-electron chi connectivity index (χ2n) is 4.71. The summed E-state index contributed by atoms with van der Waals surface area (Å²) in [4.78, 5) is 23.3. The summed E-state index contributed by atoms with van der Waals surface area (Å²) in [7, 11) is 0. The van der Waals surface area contributed by atoms with Crippen LogP contribution in [-0.2, 0) is 4.79 Å². The van der Waals surface area contributed by atoms with Gasteiger partial charge in [-0.25, -0.2) is 0 Å². The molecule has 2 rings (SSSR count). The first kappa shape index (κ1) is 13.5. The average molecular weight is 261 g/mol. The minimum absolute atomic E-state index is 0.0252. The molecule has 1 aromatic carbocycles. The lowest BCUT2D eigenvalue weighted by Gasteiger charge is -2.26. The molecule has 0 bridgehead atoms. The van der Waals surface area contributed by atoms with Crippen molar-refractivity contribution in [2.75, 3.05) is 25.0 Å². The molecule has 102 valence electrons. The fourth-order valence-corrected chi connectivity index (χ4v) is 1.93. The molecule has 1 saturated heterocycles. The summed E-state index contributed by atoms with van der Waals surface area (Å²) in [6.07, 6.45) is 0.547. The van der Waals surface area contributed by atoms with Crippen molar-refractivity contribution >= 4 is 17.5 Å². The number of benzene rings is 1. The standard InChI is InChI=1S/C14H19N3O2/c1-2-16-14(19)11-3-5-12(6-4-11)17-13(18)7-10-8-15-9-10/h3-6,10,15H,2,7-9H2,1H3,(H,16,19)(H,17,18). The third-order valence-electron chi connectivity index (χ3n) is 3.11. The molecule has 19 heavy (non-hydrogen) atoms. The molecule has 1 aliphatic rings. The van der Waals surface area contributed by atoms with Gasteiger partial charge in [-0.15, -0.1) is 0 Å². The van der Waals surface area contributed by atoms with Crippen LogP contribution in [-0.4, -0.2) is 31.4 Å². The van der Waals surface area contributed by atoms with E-state index in [0.717, 1.165) is 18.8 Å². The lowest BCUT2D eigenvalue weighted by molar-refractivity contribution is -0.117. The second-order valence-corrected chi connectivity index (χ2v) is 4.71. The number of carbonyl (C=O) groups is 2. The van der Waals surface area contributed by atoms with Crippen molar-refractivity contribution < 1.29 is 9.59 Å². The minimum atomic E-state index is -0.0964. The van der Waals surface area contributed by atoms with Crippen LogP contribution in [0.2, 0.25) is 0 Å². The van der Waals surface area contributed by atoms with E-state index in [1.807, 2.05) is 6.92 Å². The van der Waals surface area contributed by atoms with Crippen molar-refractivity contribution in [2.24, 2.45) is 5.92 Å². The first-order chi connectivity index (χ1) is 9.19. The van der Waals surface area contributed by atoms with Crippen LogP contribution < -0.4 is 16.0 Å². The molecule has 0 aromatic heterocycles. The fourth-order valence-electron chi connectivity index (χ4n) is 1.93. The van der Waals surface area contributed by atoms with Crippen LogP contribution in [0.4, 0.5) is 5.69 Å². The highest BCUT2D eigenvalue weighted by molar-refractivity contribution is 5.95. The fraction of sp³-hybridized carbons (Fsp3) is 0.429.